The molecule has 1 N–H and O–H groups in total. The minimum absolute atomic E-state index is 0.222. The van der Waals surface area contributed by atoms with E-state index in [-0.39, 0.29) is 6.42 Å². The fourth-order valence-corrected chi connectivity index (χ4v) is 3.29. The fourth-order valence-electron chi connectivity index (χ4n) is 3.29. The number of esters is 1. The van der Waals surface area contributed by atoms with Crippen LogP contribution in [0.25, 0.3) is 0 Å². The minimum atomic E-state index is -1.46. The summed E-state index contributed by atoms with van der Waals surface area (Å²) in [5, 5.41) is 9.87. The number of aliphatic carboxylic acids is 1. The number of carbonyl (C=O) groups is 2. The van der Waals surface area contributed by atoms with E-state index in [1.54, 1.807) is 20.8 Å². The summed E-state index contributed by atoms with van der Waals surface area (Å²) < 4.78 is 11.2. The van der Waals surface area contributed by atoms with E-state index in [9.17, 15) is 14.7 Å². The van der Waals surface area contributed by atoms with E-state index < -0.39 is 23.1 Å². The van der Waals surface area contributed by atoms with Gasteiger partial charge in [0.1, 0.15) is 5.60 Å². The lowest BCUT2D eigenvalue weighted by atomic mass is 9.79. The van der Waals surface area contributed by atoms with Crippen molar-refractivity contribution in [2.24, 2.45) is 5.92 Å². The first-order valence-corrected chi connectivity index (χ1v) is 9.28. The van der Waals surface area contributed by atoms with E-state index in [2.05, 4.69) is 0 Å². The van der Waals surface area contributed by atoms with E-state index in [0.29, 0.717) is 18.9 Å². The fraction of sp³-hybridized carbons (Fsp3) is 0.895. The van der Waals surface area contributed by atoms with Gasteiger partial charge in [-0.15, -0.1) is 0 Å². The molecule has 0 bridgehead atoms. The molecule has 0 aromatic rings. The van der Waals surface area contributed by atoms with Crippen molar-refractivity contribution >= 4 is 11.9 Å². The average Bonchev–Trinajstić information content (AvgIpc) is 2.46. The third kappa shape index (κ3) is 7.20. The van der Waals surface area contributed by atoms with Crippen molar-refractivity contribution in [3.8, 4) is 0 Å². The van der Waals surface area contributed by atoms with Gasteiger partial charge in [-0.2, -0.15) is 0 Å². The van der Waals surface area contributed by atoms with Crippen molar-refractivity contribution in [1.82, 2.24) is 0 Å². The van der Waals surface area contributed by atoms with Gasteiger partial charge < -0.3 is 14.6 Å². The summed E-state index contributed by atoms with van der Waals surface area (Å²) in [4.78, 5) is 24.3. The van der Waals surface area contributed by atoms with Gasteiger partial charge in [-0.05, 0) is 39.5 Å². The van der Waals surface area contributed by atoms with Crippen LogP contribution in [0.15, 0.2) is 0 Å². The lowest BCUT2D eigenvalue weighted by molar-refractivity contribution is -0.182. The summed E-state index contributed by atoms with van der Waals surface area (Å²) in [6, 6.07) is 0. The second-order valence-electron chi connectivity index (χ2n) is 7.97. The number of rotatable bonds is 9. The molecule has 5 heteroatoms. The van der Waals surface area contributed by atoms with Gasteiger partial charge in [0, 0.05) is 6.61 Å². The maximum atomic E-state index is 12.3. The zero-order valence-electron chi connectivity index (χ0n) is 15.7. The molecule has 1 atom stereocenters. The van der Waals surface area contributed by atoms with Crippen molar-refractivity contribution < 1.29 is 24.2 Å². The largest absolute Gasteiger partial charge is 0.479 e. The third-order valence-electron chi connectivity index (χ3n) is 4.46. The Balaban J connectivity index is 2.87. The Bertz CT molecular complexity index is 406. The Labute approximate surface area is 146 Å². The highest BCUT2D eigenvalue weighted by molar-refractivity contribution is 5.84. The molecular weight excluding hydrogens is 308 g/mol. The minimum Gasteiger partial charge on any atom is -0.479 e. The van der Waals surface area contributed by atoms with Crippen LogP contribution in [-0.4, -0.2) is 34.9 Å². The molecule has 1 aliphatic carbocycles. The van der Waals surface area contributed by atoms with Crippen LogP contribution >= 0.6 is 0 Å². The molecule has 0 heterocycles. The van der Waals surface area contributed by atoms with Crippen LogP contribution in [0, 0.1) is 5.92 Å². The molecule has 1 rings (SSSR count). The Morgan fingerprint density at radius 1 is 1.12 bits per heavy atom. The molecule has 1 unspecified atom stereocenters. The molecule has 0 aliphatic heterocycles. The van der Waals surface area contributed by atoms with E-state index >= 15 is 0 Å². The van der Waals surface area contributed by atoms with Gasteiger partial charge in [0.25, 0.3) is 0 Å². The number of hydrogen-bond donors (Lipinski definition) is 1. The molecule has 0 amide bonds. The van der Waals surface area contributed by atoms with E-state index in [4.69, 9.17) is 9.47 Å². The predicted molar refractivity (Wildman–Crippen MR) is 92.9 cm³/mol. The highest BCUT2D eigenvalue weighted by Crippen LogP contribution is 2.35. The number of carboxylic acid groups (broad SMARTS) is 1. The molecule has 5 nitrogen and oxygen atoms in total. The number of ether oxygens (including phenoxy) is 2. The second kappa shape index (κ2) is 9.40. The SMILES string of the molecule is CCCCOC(CC(=O)OC(C)(C)C)(CC1CCCCC1)C(=O)O. The van der Waals surface area contributed by atoms with Crippen LogP contribution in [0.3, 0.4) is 0 Å². The highest BCUT2D eigenvalue weighted by Gasteiger charge is 2.44. The van der Waals surface area contributed by atoms with Crippen LogP contribution in [0.1, 0.15) is 85.5 Å². The molecule has 1 saturated carbocycles. The first kappa shape index (κ1) is 20.9. The Hall–Kier alpha value is -1.10. The zero-order chi connectivity index (χ0) is 18.2. The Morgan fingerprint density at radius 3 is 2.25 bits per heavy atom. The van der Waals surface area contributed by atoms with Crippen LogP contribution in [0.4, 0.5) is 0 Å². The van der Waals surface area contributed by atoms with Crippen LogP contribution in [0.2, 0.25) is 0 Å². The number of hydrogen-bond acceptors (Lipinski definition) is 4. The lowest BCUT2D eigenvalue weighted by Gasteiger charge is -2.34. The maximum Gasteiger partial charge on any atom is 0.336 e. The molecule has 1 fully saturated rings. The molecule has 0 spiro atoms. The van der Waals surface area contributed by atoms with Gasteiger partial charge in [-0.3, -0.25) is 4.79 Å². The summed E-state index contributed by atoms with van der Waals surface area (Å²) in [6.45, 7) is 7.74. The quantitative estimate of drug-likeness (QED) is 0.499. The van der Waals surface area contributed by atoms with E-state index in [0.717, 1.165) is 38.5 Å². The van der Waals surface area contributed by atoms with Gasteiger partial charge in [0.15, 0.2) is 5.60 Å². The molecule has 1 aliphatic rings. The first-order chi connectivity index (χ1) is 11.2. The third-order valence-corrected chi connectivity index (χ3v) is 4.46. The molecule has 0 saturated heterocycles. The smallest absolute Gasteiger partial charge is 0.336 e. The Kier molecular flexibility index (Phi) is 8.20. The maximum absolute atomic E-state index is 12.3. The summed E-state index contributed by atoms with van der Waals surface area (Å²) in [6.07, 6.45) is 7.37. The summed E-state index contributed by atoms with van der Waals surface area (Å²) >= 11 is 0. The number of carbonyl (C=O) groups excluding carboxylic acids is 1. The first-order valence-electron chi connectivity index (χ1n) is 9.28. The molecular formula is C19H34O5. The molecule has 0 aromatic heterocycles. The van der Waals surface area contributed by atoms with Crippen molar-refractivity contribution in [1.29, 1.82) is 0 Å². The molecule has 0 radical (unpaired) electrons. The Morgan fingerprint density at radius 2 is 1.75 bits per heavy atom. The number of unbranched alkanes of at least 4 members (excludes halogenated alkanes) is 1. The zero-order valence-corrected chi connectivity index (χ0v) is 15.7. The van der Waals surface area contributed by atoms with Crippen LogP contribution in [0.5, 0.6) is 0 Å². The molecule has 140 valence electrons. The van der Waals surface area contributed by atoms with Crippen molar-refractivity contribution in [2.75, 3.05) is 6.61 Å². The summed E-state index contributed by atoms with van der Waals surface area (Å²) in [7, 11) is 0. The van der Waals surface area contributed by atoms with E-state index in [1.165, 1.54) is 6.42 Å². The van der Waals surface area contributed by atoms with Crippen LogP contribution < -0.4 is 0 Å². The normalized spacial score (nSPS) is 18.8. The lowest BCUT2D eigenvalue weighted by Crippen LogP contribution is -2.46. The van der Waals surface area contributed by atoms with E-state index in [1.807, 2.05) is 6.92 Å². The molecule has 0 aromatic carbocycles. The standard InChI is InChI=1S/C19H34O5/c1-5-6-12-23-19(17(21)22,13-15-10-8-7-9-11-15)14-16(20)24-18(2,3)4/h15H,5-14H2,1-4H3,(H,21,22). The molecule has 24 heavy (non-hydrogen) atoms. The van der Waals surface area contributed by atoms with Crippen molar-refractivity contribution in [2.45, 2.75) is 96.7 Å². The summed E-state index contributed by atoms with van der Waals surface area (Å²) in [5.41, 5.74) is -2.09. The monoisotopic (exact) mass is 342 g/mol. The van der Waals surface area contributed by atoms with Gasteiger partial charge in [-0.25, -0.2) is 4.79 Å². The summed E-state index contributed by atoms with van der Waals surface area (Å²) in [5.74, 6) is -1.24. The van der Waals surface area contributed by atoms with Crippen LogP contribution in [-0.2, 0) is 19.1 Å². The van der Waals surface area contributed by atoms with Crippen molar-refractivity contribution in [3.05, 3.63) is 0 Å². The van der Waals surface area contributed by atoms with Gasteiger partial charge >= 0.3 is 11.9 Å². The highest BCUT2D eigenvalue weighted by atomic mass is 16.6. The van der Waals surface area contributed by atoms with Gasteiger partial charge in [0.2, 0.25) is 0 Å². The number of carboxylic acids is 1. The van der Waals surface area contributed by atoms with Gasteiger partial charge in [-0.1, -0.05) is 45.4 Å². The topological polar surface area (TPSA) is 72.8 Å². The second-order valence-corrected chi connectivity index (χ2v) is 7.97. The van der Waals surface area contributed by atoms with Crippen molar-refractivity contribution in [3.63, 3.8) is 0 Å². The average molecular weight is 342 g/mol. The van der Waals surface area contributed by atoms with Gasteiger partial charge in [0.05, 0.1) is 6.42 Å². The predicted octanol–water partition coefficient (Wildman–Crippen LogP) is 4.33.